The van der Waals surface area contributed by atoms with Crippen LogP contribution in [0, 0.1) is 12.3 Å². The van der Waals surface area contributed by atoms with E-state index in [-0.39, 0.29) is 12.1 Å². The van der Waals surface area contributed by atoms with Gasteiger partial charge in [-0.3, -0.25) is 11.3 Å². The van der Waals surface area contributed by atoms with Gasteiger partial charge in [-0.15, -0.1) is 12.3 Å². The largest absolute Gasteiger partial charge is 0.382 e. The third-order valence-corrected chi connectivity index (χ3v) is 1.92. The van der Waals surface area contributed by atoms with Crippen LogP contribution in [0.3, 0.4) is 0 Å². The lowest BCUT2D eigenvalue weighted by atomic mass is 10.1. The molecule has 0 saturated heterocycles. The number of hydrazine groups is 1. The van der Waals surface area contributed by atoms with Crippen LogP contribution in [0.25, 0.3) is 0 Å². The molecule has 0 aliphatic rings. The Balaban J connectivity index is 3.51. The van der Waals surface area contributed by atoms with Crippen LogP contribution in [-0.4, -0.2) is 19.3 Å². The van der Waals surface area contributed by atoms with Crippen molar-refractivity contribution in [1.82, 2.24) is 5.43 Å². The molecule has 0 rings (SSSR count). The second-order valence-electron chi connectivity index (χ2n) is 2.90. The van der Waals surface area contributed by atoms with Gasteiger partial charge in [0.2, 0.25) is 0 Å². The van der Waals surface area contributed by atoms with Gasteiger partial charge in [0, 0.05) is 19.6 Å². The minimum Gasteiger partial charge on any atom is -0.382 e. The molecule has 3 heteroatoms. The van der Waals surface area contributed by atoms with Crippen molar-refractivity contribution in [3.8, 4) is 12.3 Å². The Labute approximate surface area is 74.6 Å². The topological polar surface area (TPSA) is 47.3 Å². The smallest absolute Gasteiger partial charge is 0.0543 e. The molecule has 0 aromatic rings. The van der Waals surface area contributed by atoms with Crippen LogP contribution in [-0.2, 0) is 4.74 Å². The molecule has 0 bridgehead atoms. The third kappa shape index (κ3) is 5.14. The van der Waals surface area contributed by atoms with E-state index in [0.717, 1.165) is 12.8 Å². The average Bonchev–Trinajstić information content (AvgIpc) is 2.11. The van der Waals surface area contributed by atoms with Crippen LogP contribution in [0.5, 0.6) is 0 Å². The number of hydrogen-bond acceptors (Lipinski definition) is 3. The molecule has 0 spiro atoms. The third-order valence-electron chi connectivity index (χ3n) is 1.92. The number of hydrogen-bond donors (Lipinski definition) is 2. The Morgan fingerprint density at radius 1 is 1.58 bits per heavy atom. The summed E-state index contributed by atoms with van der Waals surface area (Å²) in [6.07, 6.45) is 8.05. The van der Waals surface area contributed by atoms with Crippen LogP contribution >= 0.6 is 0 Å². The van der Waals surface area contributed by atoms with Crippen molar-refractivity contribution in [3.05, 3.63) is 0 Å². The molecule has 70 valence electrons. The van der Waals surface area contributed by atoms with Crippen molar-refractivity contribution in [2.24, 2.45) is 5.84 Å². The molecule has 0 saturated carbocycles. The van der Waals surface area contributed by atoms with Crippen molar-refractivity contribution >= 4 is 0 Å². The maximum Gasteiger partial charge on any atom is 0.0543 e. The molecule has 12 heavy (non-hydrogen) atoms. The SMILES string of the molecule is C#CCC(CCC(C)OC)NN. The van der Waals surface area contributed by atoms with Crippen LogP contribution in [0.15, 0.2) is 0 Å². The van der Waals surface area contributed by atoms with E-state index in [1.165, 1.54) is 0 Å². The molecule has 3 nitrogen and oxygen atoms in total. The first-order valence-electron chi connectivity index (χ1n) is 4.17. The molecule has 0 aromatic carbocycles. The Morgan fingerprint density at radius 2 is 2.25 bits per heavy atom. The summed E-state index contributed by atoms with van der Waals surface area (Å²) in [7, 11) is 1.71. The predicted molar refractivity (Wildman–Crippen MR) is 50.3 cm³/mol. The van der Waals surface area contributed by atoms with Crippen LogP contribution in [0.2, 0.25) is 0 Å². The molecule has 0 amide bonds. The zero-order chi connectivity index (χ0) is 9.40. The highest BCUT2D eigenvalue weighted by atomic mass is 16.5. The van der Waals surface area contributed by atoms with Crippen molar-refractivity contribution in [2.45, 2.75) is 38.3 Å². The number of rotatable bonds is 6. The lowest BCUT2D eigenvalue weighted by Gasteiger charge is -2.15. The summed E-state index contributed by atoms with van der Waals surface area (Å²) in [6, 6.07) is 0.215. The normalized spacial score (nSPS) is 15.2. The summed E-state index contributed by atoms with van der Waals surface area (Å²) in [5, 5.41) is 0. The fourth-order valence-electron chi connectivity index (χ4n) is 0.940. The van der Waals surface area contributed by atoms with Crippen LogP contribution < -0.4 is 11.3 Å². The molecule has 0 radical (unpaired) electrons. The second-order valence-corrected chi connectivity index (χ2v) is 2.90. The van der Waals surface area contributed by atoms with E-state index >= 15 is 0 Å². The highest BCUT2D eigenvalue weighted by Gasteiger charge is 2.07. The van der Waals surface area contributed by atoms with Gasteiger partial charge in [0.25, 0.3) is 0 Å². The van der Waals surface area contributed by atoms with Gasteiger partial charge in [0.1, 0.15) is 0 Å². The Morgan fingerprint density at radius 3 is 2.67 bits per heavy atom. The van der Waals surface area contributed by atoms with Crippen LogP contribution in [0.1, 0.15) is 26.2 Å². The molecule has 0 aromatic heterocycles. The summed E-state index contributed by atoms with van der Waals surface area (Å²) in [4.78, 5) is 0. The highest BCUT2D eigenvalue weighted by Crippen LogP contribution is 2.05. The van der Waals surface area contributed by atoms with E-state index in [4.69, 9.17) is 17.0 Å². The van der Waals surface area contributed by atoms with E-state index in [9.17, 15) is 0 Å². The van der Waals surface area contributed by atoms with Crippen molar-refractivity contribution in [3.63, 3.8) is 0 Å². The van der Waals surface area contributed by atoms with Gasteiger partial charge in [0.15, 0.2) is 0 Å². The van der Waals surface area contributed by atoms with Crippen LogP contribution in [0.4, 0.5) is 0 Å². The predicted octanol–water partition coefficient (Wildman–Crippen LogP) is 0.657. The summed E-state index contributed by atoms with van der Waals surface area (Å²) >= 11 is 0. The molecule has 3 N–H and O–H groups in total. The summed E-state index contributed by atoms with van der Waals surface area (Å²) in [5.74, 6) is 7.88. The molecule has 2 atom stereocenters. The van der Waals surface area contributed by atoms with E-state index < -0.39 is 0 Å². The summed E-state index contributed by atoms with van der Waals surface area (Å²) in [6.45, 7) is 2.03. The maximum absolute atomic E-state index is 5.30. The second kappa shape index (κ2) is 7.11. The first kappa shape index (κ1) is 11.4. The minimum atomic E-state index is 0.215. The minimum absolute atomic E-state index is 0.215. The Kier molecular flexibility index (Phi) is 6.78. The van der Waals surface area contributed by atoms with E-state index in [1.807, 2.05) is 6.92 Å². The molecule has 0 aliphatic carbocycles. The molecule has 2 unspecified atom stereocenters. The van der Waals surface area contributed by atoms with E-state index in [1.54, 1.807) is 7.11 Å². The fraction of sp³-hybridized carbons (Fsp3) is 0.778. The highest BCUT2D eigenvalue weighted by molar-refractivity contribution is 4.89. The first-order chi connectivity index (χ1) is 5.74. The van der Waals surface area contributed by atoms with Gasteiger partial charge >= 0.3 is 0 Å². The first-order valence-corrected chi connectivity index (χ1v) is 4.17. The van der Waals surface area contributed by atoms with Gasteiger partial charge < -0.3 is 4.74 Å². The number of nitrogens with one attached hydrogen (secondary N) is 1. The lowest BCUT2D eigenvalue weighted by Crippen LogP contribution is -2.35. The van der Waals surface area contributed by atoms with Gasteiger partial charge in [0.05, 0.1) is 6.10 Å². The number of nitrogens with two attached hydrogens (primary N) is 1. The fourth-order valence-corrected chi connectivity index (χ4v) is 0.940. The standard InChI is InChI=1S/C9H18N2O/c1-4-5-9(11-10)7-6-8(2)12-3/h1,8-9,11H,5-7,10H2,2-3H3. The quantitative estimate of drug-likeness (QED) is 0.350. The molecule has 0 fully saturated rings. The average molecular weight is 170 g/mol. The van der Waals surface area contributed by atoms with Crippen molar-refractivity contribution < 1.29 is 4.74 Å². The monoisotopic (exact) mass is 170 g/mol. The van der Waals surface area contributed by atoms with E-state index in [2.05, 4.69) is 11.3 Å². The van der Waals surface area contributed by atoms with E-state index in [0.29, 0.717) is 6.42 Å². The van der Waals surface area contributed by atoms with Gasteiger partial charge in [-0.25, -0.2) is 0 Å². The summed E-state index contributed by atoms with van der Waals surface area (Å²) in [5.41, 5.74) is 2.68. The van der Waals surface area contributed by atoms with Gasteiger partial charge in [-0.2, -0.15) is 0 Å². The zero-order valence-corrected chi connectivity index (χ0v) is 7.84. The molecular formula is C9H18N2O. The molecular weight excluding hydrogens is 152 g/mol. The Hall–Kier alpha value is -0.560. The Bertz CT molecular complexity index is 142. The number of ether oxygens (including phenoxy) is 1. The maximum atomic E-state index is 5.30. The van der Waals surface area contributed by atoms with Gasteiger partial charge in [-0.05, 0) is 19.8 Å². The van der Waals surface area contributed by atoms with Gasteiger partial charge in [-0.1, -0.05) is 0 Å². The number of methoxy groups -OCH3 is 1. The zero-order valence-electron chi connectivity index (χ0n) is 7.84. The number of terminal acetylenes is 1. The molecule has 0 heterocycles. The van der Waals surface area contributed by atoms with Crippen molar-refractivity contribution in [1.29, 1.82) is 0 Å². The molecule has 0 aliphatic heterocycles. The lowest BCUT2D eigenvalue weighted by molar-refractivity contribution is 0.106. The summed E-state index contributed by atoms with van der Waals surface area (Å²) < 4.78 is 5.10. The van der Waals surface area contributed by atoms with Crippen molar-refractivity contribution in [2.75, 3.05) is 7.11 Å².